The first-order valence-corrected chi connectivity index (χ1v) is 17.2. The molecule has 0 atom stereocenters. The summed E-state index contributed by atoms with van der Waals surface area (Å²) in [5.41, 5.74) is 0.437. The maximum Gasteiger partial charge on any atom is 0.335 e. The van der Waals surface area contributed by atoms with E-state index in [-0.39, 0.29) is 9.77 Å². The Balaban J connectivity index is 1.30. The number of anilines is 1. The van der Waals surface area contributed by atoms with Crippen molar-refractivity contribution >= 4 is 33.0 Å². The van der Waals surface area contributed by atoms with Crippen LogP contribution in [0.3, 0.4) is 0 Å². The maximum atomic E-state index is 12.8. The number of carboxylic acid groups (broad SMARTS) is 1. The molecule has 1 aromatic carbocycles. The van der Waals surface area contributed by atoms with Gasteiger partial charge in [-0.2, -0.15) is 0 Å². The van der Waals surface area contributed by atoms with Gasteiger partial charge in [0.1, 0.15) is 4.21 Å². The summed E-state index contributed by atoms with van der Waals surface area (Å²) < 4.78 is 28.4. The minimum Gasteiger partial charge on any atom is -0.478 e. The molecule has 7 heteroatoms. The zero-order valence-corrected chi connectivity index (χ0v) is 24.6. The highest BCUT2D eigenvalue weighted by Crippen LogP contribution is 2.35. The van der Waals surface area contributed by atoms with Crippen LogP contribution in [-0.2, 0) is 10.0 Å². The van der Waals surface area contributed by atoms with E-state index in [2.05, 4.69) is 16.6 Å². The van der Waals surface area contributed by atoms with E-state index in [0.717, 1.165) is 29.6 Å². The Labute approximate surface area is 238 Å². The summed E-state index contributed by atoms with van der Waals surface area (Å²) in [5.74, 6) is 7.92. The standard InChI is InChI=1S/C32H43NO4S2/c34-32(35)28-18-20-29(21-19-28)33-39(36,37)31-24-23-30(38-31)22-17-25-11-7-9-15-27(16-10-8-12-25)26-13-5-3-1-2-4-6-14-26/h18-21,23-27,33H,1-16H2,(H,34,35). The lowest BCUT2D eigenvalue weighted by molar-refractivity contribution is 0.0697. The van der Waals surface area contributed by atoms with Crippen molar-refractivity contribution in [1.29, 1.82) is 0 Å². The quantitative estimate of drug-likeness (QED) is 0.353. The van der Waals surface area contributed by atoms with Gasteiger partial charge in [-0.05, 0) is 61.1 Å². The van der Waals surface area contributed by atoms with Crippen molar-refractivity contribution in [2.45, 2.75) is 107 Å². The molecule has 2 saturated carbocycles. The molecule has 5 nitrogen and oxygen atoms in total. The molecule has 2 fully saturated rings. The second-order valence-corrected chi connectivity index (χ2v) is 14.4. The molecule has 2 N–H and O–H groups in total. The summed E-state index contributed by atoms with van der Waals surface area (Å²) in [6.45, 7) is 0. The zero-order chi connectivity index (χ0) is 27.5. The first-order chi connectivity index (χ1) is 18.9. The molecule has 0 aliphatic heterocycles. The third-order valence-electron chi connectivity index (χ3n) is 8.45. The molecule has 0 spiro atoms. The monoisotopic (exact) mass is 569 g/mol. The van der Waals surface area contributed by atoms with Crippen LogP contribution in [0.2, 0.25) is 0 Å². The van der Waals surface area contributed by atoms with Gasteiger partial charge >= 0.3 is 5.97 Å². The molecule has 0 radical (unpaired) electrons. The van der Waals surface area contributed by atoms with Crippen LogP contribution in [0.5, 0.6) is 0 Å². The largest absolute Gasteiger partial charge is 0.478 e. The highest BCUT2D eigenvalue weighted by molar-refractivity contribution is 7.94. The average molecular weight is 570 g/mol. The Morgan fingerprint density at radius 2 is 1.26 bits per heavy atom. The minimum atomic E-state index is -3.76. The Morgan fingerprint density at radius 3 is 1.82 bits per heavy atom. The van der Waals surface area contributed by atoms with Gasteiger partial charge in [-0.1, -0.05) is 102 Å². The van der Waals surface area contributed by atoms with Gasteiger partial charge in [0.25, 0.3) is 10.0 Å². The predicted molar refractivity (Wildman–Crippen MR) is 160 cm³/mol. The van der Waals surface area contributed by atoms with E-state index in [1.807, 2.05) is 0 Å². The van der Waals surface area contributed by atoms with Crippen molar-refractivity contribution in [3.8, 4) is 11.8 Å². The first kappa shape index (κ1) is 29.7. The van der Waals surface area contributed by atoms with Crippen LogP contribution < -0.4 is 4.72 Å². The highest BCUT2D eigenvalue weighted by atomic mass is 32.2. The summed E-state index contributed by atoms with van der Waals surface area (Å²) in [5, 5.41) is 9.02. The number of nitrogens with one attached hydrogen (secondary N) is 1. The molecule has 0 bridgehead atoms. The summed E-state index contributed by atoms with van der Waals surface area (Å²) in [6, 6.07) is 9.04. The maximum absolute atomic E-state index is 12.8. The van der Waals surface area contributed by atoms with Crippen molar-refractivity contribution in [1.82, 2.24) is 0 Å². The number of hydrogen-bond acceptors (Lipinski definition) is 4. The molecule has 212 valence electrons. The van der Waals surface area contributed by atoms with Crippen LogP contribution in [0, 0.1) is 29.6 Å². The number of sulfonamides is 1. The summed E-state index contributed by atoms with van der Waals surface area (Å²) in [7, 11) is -3.76. The van der Waals surface area contributed by atoms with Gasteiger partial charge in [0.15, 0.2) is 0 Å². The SMILES string of the molecule is O=C(O)c1ccc(NS(=O)(=O)c2ccc(C#CC3CCCCC(C4CCCCCCCC4)CCCC3)s2)cc1. The van der Waals surface area contributed by atoms with E-state index in [0.29, 0.717) is 11.6 Å². The Morgan fingerprint density at radius 1 is 0.744 bits per heavy atom. The number of benzene rings is 1. The van der Waals surface area contributed by atoms with E-state index in [1.54, 1.807) is 12.1 Å². The number of carbonyl (C=O) groups is 1. The van der Waals surface area contributed by atoms with E-state index >= 15 is 0 Å². The topological polar surface area (TPSA) is 83.5 Å². The molecular formula is C32H43NO4S2. The van der Waals surface area contributed by atoms with Crippen molar-refractivity contribution in [2.75, 3.05) is 4.72 Å². The van der Waals surface area contributed by atoms with Gasteiger partial charge in [-0.15, -0.1) is 11.3 Å². The third kappa shape index (κ3) is 9.39. The van der Waals surface area contributed by atoms with Crippen LogP contribution in [0.1, 0.15) is 118 Å². The number of aromatic carboxylic acids is 1. The fraction of sp³-hybridized carbons (Fsp3) is 0.594. The van der Waals surface area contributed by atoms with E-state index in [1.165, 1.54) is 125 Å². The van der Waals surface area contributed by atoms with Gasteiger partial charge in [0.05, 0.1) is 10.4 Å². The zero-order valence-electron chi connectivity index (χ0n) is 23.0. The van der Waals surface area contributed by atoms with Crippen LogP contribution >= 0.6 is 11.3 Å². The number of hydrogen-bond donors (Lipinski definition) is 2. The molecule has 0 saturated heterocycles. The van der Waals surface area contributed by atoms with E-state index < -0.39 is 16.0 Å². The molecule has 0 amide bonds. The highest BCUT2D eigenvalue weighted by Gasteiger charge is 2.22. The van der Waals surface area contributed by atoms with Crippen molar-refractivity contribution in [3.63, 3.8) is 0 Å². The lowest BCUT2D eigenvalue weighted by Crippen LogP contribution is -2.16. The summed E-state index contributed by atoms with van der Waals surface area (Å²) in [4.78, 5) is 11.8. The van der Waals surface area contributed by atoms with Gasteiger partial charge < -0.3 is 5.11 Å². The summed E-state index contributed by atoms with van der Waals surface area (Å²) in [6.07, 6.45) is 21.6. The van der Waals surface area contributed by atoms with Crippen molar-refractivity contribution in [2.24, 2.45) is 17.8 Å². The van der Waals surface area contributed by atoms with E-state index in [9.17, 15) is 13.2 Å². The fourth-order valence-electron chi connectivity index (χ4n) is 6.23. The van der Waals surface area contributed by atoms with Gasteiger partial charge in [0.2, 0.25) is 0 Å². The number of rotatable bonds is 5. The second kappa shape index (κ2) is 14.9. The third-order valence-corrected chi connectivity index (χ3v) is 11.3. The molecule has 39 heavy (non-hydrogen) atoms. The van der Waals surface area contributed by atoms with Crippen LogP contribution in [-0.4, -0.2) is 19.5 Å². The summed E-state index contributed by atoms with van der Waals surface area (Å²) >= 11 is 1.18. The normalized spacial score (nSPS) is 22.4. The average Bonchev–Trinajstić information content (AvgIpc) is 3.45. The Bertz CT molecular complexity index is 1200. The van der Waals surface area contributed by atoms with Crippen LogP contribution in [0.15, 0.2) is 40.6 Å². The molecule has 2 aliphatic carbocycles. The van der Waals surface area contributed by atoms with Crippen LogP contribution in [0.4, 0.5) is 5.69 Å². The Hall–Kier alpha value is -2.30. The number of thiophene rings is 1. The van der Waals surface area contributed by atoms with Crippen LogP contribution in [0.25, 0.3) is 0 Å². The molecule has 2 aromatic rings. The van der Waals surface area contributed by atoms with Gasteiger partial charge in [-0.3, -0.25) is 4.72 Å². The molecular weight excluding hydrogens is 526 g/mol. The van der Waals surface area contributed by atoms with Gasteiger partial charge in [-0.25, -0.2) is 13.2 Å². The molecule has 1 aromatic heterocycles. The predicted octanol–water partition coefficient (Wildman–Crippen LogP) is 8.72. The fourth-order valence-corrected chi connectivity index (χ4v) is 8.45. The number of carboxylic acids is 1. The molecule has 1 heterocycles. The first-order valence-electron chi connectivity index (χ1n) is 14.9. The molecule has 4 rings (SSSR count). The molecule has 2 aliphatic rings. The minimum absolute atomic E-state index is 0.109. The van der Waals surface area contributed by atoms with E-state index in [4.69, 9.17) is 5.11 Å². The second-order valence-electron chi connectivity index (χ2n) is 11.4. The molecule has 0 unspecified atom stereocenters. The Kier molecular flexibility index (Phi) is 11.3. The van der Waals surface area contributed by atoms with Crippen molar-refractivity contribution < 1.29 is 18.3 Å². The lowest BCUT2D eigenvalue weighted by atomic mass is 9.77. The smallest absolute Gasteiger partial charge is 0.335 e. The lowest BCUT2D eigenvalue weighted by Gasteiger charge is -2.28. The van der Waals surface area contributed by atoms with Crippen molar-refractivity contribution in [3.05, 3.63) is 46.8 Å². The van der Waals surface area contributed by atoms with Gasteiger partial charge in [0, 0.05) is 11.6 Å².